The van der Waals surface area contributed by atoms with Crippen LogP contribution >= 0.6 is 0 Å². The van der Waals surface area contributed by atoms with Crippen LogP contribution in [-0.4, -0.2) is 30.6 Å². The first-order valence-corrected chi connectivity index (χ1v) is 5.51. The lowest BCUT2D eigenvalue weighted by atomic mass is 9.84. The summed E-state index contributed by atoms with van der Waals surface area (Å²) in [5, 5.41) is 0. The van der Waals surface area contributed by atoms with Crippen LogP contribution in [0.15, 0.2) is 0 Å². The Morgan fingerprint density at radius 1 is 1.46 bits per heavy atom. The predicted octanol–water partition coefficient (Wildman–Crippen LogP) is 1.85. The van der Waals surface area contributed by atoms with Gasteiger partial charge in [0.25, 0.3) is 0 Å². The molecule has 13 heavy (non-hydrogen) atoms. The van der Waals surface area contributed by atoms with Gasteiger partial charge in [0, 0.05) is 19.1 Å². The van der Waals surface area contributed by atoms with Gasteiger partial charge in [-0.05, 0) is 31.2 Å². The van der Waals surface area contributed by atoms with Crippen LogP contribution < -0.4 is 5.73 Å². The average Bonchev–Trinajstić information content (AvgIpc) is 2.02. The van der Waals surface area contributed by atoms with Crippen molar-refractivity contribution in [1.29, 1.82) is 0 Å². The maximum atomic E-state index is 5.95. The van der Waals surface area contributed by atoms with Gasteiger partial charge >= 0.3 is 0 Å². The summed E-state index contributed by atoms with van der Waals surface area (Å²) in [6, 6.07) is 0.369. The molecule has 0 aliphatic carbocycles. The Hall–Kier alpha value is -0.0800. The highest BCUT2D eigenvalue weighted by atomic mass is 15.1. The summed E-state index contributed by atoms with van der Waals surface area (Å²) in [5.41, 5.74) is 6.46. The van der Waals surface area contributed by atoms with Gasteiger partial charge in [-0.15, -0.1) is 0 Å². The number of likely N-dealkylation sites (tertiary alicyclic amines) is 1. The Morgan fingerprint density at radius 2 is 2.15 bits per heavy atom. The monoisotopic (exact) mass is 184 g/mol. The molecule has 1 aliphatic rings. The lowest BCUT2D eigenvalue weighted by Gasteiger charge is -2.39. The Labute approximate surface area is 82.5 Å². The lowest BCUT2D eigenvalue weighted by molar-refractivity contribution is 0.111. The molecule has 1 heterocycles. The van der Waals surface area contributed by atoms with Crippen LogP contribution in [0.25, 0.3) is 0 Å². The summed E-state index contributed by atoms with van der Waals surface area (Å²) in [6.07, 6.45) is 3.80. The fourth-order valence-corrected chi connectivity index (χ4v) is 2.16. The second-order valence-electron chi connectivity index (χ2n) is 5.17. The molecule has 1 saturated heterocycles. The Kier molecular flexibility index (Phi) is 3.74. The number of hydrogen-bond acceptors (Lipinski definition) is 2. The van der Waals surface area contributed by atoms with Gasteiger partial charge in [-0.2, -0.15) is 0 Å². The first kappa shape index (κ1) is 11.0. The van der Waals surface area contributed by atoms with E-state index < -0.39 is 0 Å². The minimum Gasteiger partial charge on any atom is -0.327 e. The van der Waals surface area contributed by atoms with Crippen LogP contribution in [0.3, 0.4) is 0 Å². The Balaban J connectivity index is 2.34. The molecule has 0 amide bonds. The molecule has 0 aromatic rings. The predicted molar refractivity (Wildman–Crippen MR) is 57.7 cm³/mol. The van der Waals surface area contributed by atoms with Crippen molar-refractivity contribution in [1.82, 2.24) is 4.90 Å². The third-order valence-corrected chi connectivity index (χ3v) is 3.00. The number of nitrogens with zero attached hydrogens (tertiary/aromatic N) is 1. The van der Waals surface area contributed by atoms with E-state index in [2.05, 4.69) is 25.7 Å². The molecule has 0 aromatic carbocycles. The highest BCUT2D eigenvalue weighted by Crippen LogP contribution is 2.28. The van der Waals surface area contributed by atoms with Crippen LogP contribution in [-0.2, 0) is 0 Å². The third-order valence-electron chi connectivity index (χ3n) is 3.00. The molecule has 1 fully saturated rings. The highest BCUT2D eigenvalue weighted by Gasteiger charge is 2.26. The van der Waals surface area contributed by atoms with Crippen molar-refractivity contribution in [3.63, 3.8) is 0 Å². The third kappa shape index (κ3) is 3.65. The molecule has 2 N–H and O–H groups in total. The van der Waals surface area contributed by atoms with Gasteiger partial charge in [0.2, 0.25) is 0 Å². The van der Waals surface area contributed by atoms with Crippen LogP contribution in [0.2, 0.25) is 0 Å². The molecule has 0 aromatic heterocycles. The largest absolute Gasteiger partial charge is 0.327 e. The minimum absolute atomic E-state index is 0.369. The molecule has 1 rings (SSSR count). The van der Waals surface area contributed by atoms with Crippen molar-refractivity contribution in [2.45, 2.75) is 46.1 Å². The minimum atomic E-state index is 0.369. The first-order valence-electron chi connectivity index (χ1n) is 5.51. The summed E-state index contributed by atoms with van der Waals surface area (Å²) in [6.45, 7) is 10.4. The van der Waals surface area contributed by atoms with Crippen molar-refractivity contribution < 1.29 is 0 Å². The van der Waals surface area contributed by atoms with Gasteiger partial charge in [0.15, 0.2) is 0 Å². The van der Waals surface area contributed by atoms with Crippen molar-refractivity contribution in [2.75, 3.05) is 19.6 Å². The molecule has 0 bridgehead atoms. The second-order valence-corrected chi connectivity index (χ2v) is 5.17. The summed E-state index contributed by atoms with van der Waals surface area (Å²) >= 11 is 0. The topological polar surface area (TPSA) is 29.3 Å². The van der Waals surface area contributed by atoms with Crippen molar-refractivity contribution in [2.24, 2.45) is 11.1 Å². The van der Waals surface area contributed by atoms with E-state index in [-0.39, 0.29) is 0 Å². The molecule has 0 unspecified atom stereocenters. The van der Waals surface area contributed by atoms with E-state index in [1.54, 1.807) is 0 Å². The lowest BCUT2D eigenvalue weighted by Crippen LogP contribution is -2.45. The summed E-state index contributed by atoms with van der Waals surface area (Å²) in [5.74, 6) is 0. The number of piperidine rings is 1. The molecular weight excluding hydrogens is 160 g/mol. The Morgan fingerprint density at radius 3 is 2.69 bits per heavy atom. The summed E-state index contributed by atoms with van der Waals surface area (Å²) in [7, 11) is 0. The standard InChI is InChI=1S/C11H24N2/c1-4-10(12)8-13-7-5-6-11(2,3)9-13/h10H,4-9,12H2,1-3H3/t10-/m0/s1. The zero-order valence-corrected chi connectivity index (χ0v) is 9.34. The van der Waals surface area contributed by atoms with E-state index >= 15 is 0 Å². The molecule has 0 saturated carbocycles. The maximum Gasteiger partial charge on any atom is 0.0165 e. The number of nitrogens with two attached hydrogens (primary N) is 1. The van der Waals surface area contributed by atoms with E-state index in [0.29, 0.717) is 11.5 Å². The second kappa shape index (κ2) is 4.43. The first-order chi connectivity index (χ1) is 6.03. The molecule has 2 nitrogen and oxygen atoms in total. The van der Waals surface area contributed by atoms with E-state index in [0.717, 1.165) is 13.0 Å². The molecular formula is C11H24N2. The van der Waals surface area contributed by atoms with Gasteiger partial charge in [0.05, 0.1) is 0 Å². The molecule has 2 heteroatoms. The van der Waals surface area contributed by atoms with Gasteiger partial charge in [0.1, 0.15) is 0 Å². The van der Waals surface area contributed by atoms with Crippen molar-refractivity contribution in [3.05, 3.63) is 0 Å². The molecule has 1 atom stereocenters. The number of rotatable bonds is 3. The van der Waals surface area contributed by atoms with E-state index in [9.17, 15) is 0 Å². The molecule has 0 spiro atoms. The molecule has 78 valence electrons. The van der Waals surface area contributed by atoms with Crippen LogP contribution in [0.4, 0.5) is 0 Å². The van der Waals surface area contributed by atoms with Gasteiger partial charge in [-0.25, -0.2) is 0 Å². The zero-order chi connectivity index (χ0) is 9.90. The average molecular weight is 184 g/mol. The van der Waals surface area contributed by atoms with Crippen LogP contribution in [0.5, 0.6) is 0 Å². The van der Waals surface area contributed by atoms with E-state index in [1.807, 2.05) is 0 Å². The maximum absolute atomic E-state index is 5.95. The summed E-state index contributed by atoms with van der Waals surface area (Å²) in [4.78, 5) is 2.53. The molecule has 1 aliphatic heterocycles. The van der Waals surface area contributed by atoms with Crippen molar-refractivity contribution >= 4 is 0 Å². The highest BCUT2D eigenvalue weighted by molar-refractivity contribution is 4.81. The zero-order valence-electron chi connectivity index (χ0n) is 9.34. The normalized spacial score (nSPS) is 25.8. The van der Waals surface area contributed by atoms with E-state index in [4.69, 9.17) is 5.73 Å². The SMILES string of the molecule is CC[C@H](N)CN1CCCC(C)(C)C1. The van der Waals surface area contributed by atoms with Gasteiger partial charge in [-0.1, -0.05) is 20.8 Å². The summed E-state index contributed by atoms with van der Waals surface area (Å²) < 4.78 is 0. The van der Waals surface area contributed by atoms with Gasteiger partial charge in [-0.3, -0.25) is 0 Å². The van der Waals surface area contributed by atoms with Crippen molar-refractivity contribution in [3.8, 4) is 0 Å². The molecule has 0 radical (unpaired) electrons. The fraction of sp³-hybridized carbons (Fsp3) is 1.00. The number of hydrogen-bond donors (Lipinski definition) is 1. The smallest absolute Gasteiger partial charge is 0.0165 e. The van der Waals surface area contributed by atoms with Gasteiger partial charge < -0.3 is 10.6 Å². The Bertz CT molecular complexity index is 154. The quantitative estimate of drug-likeness (QED) is 0.725. The fourth-order valence-electron chi connectivity index (χ4n) is 2.16. The van der Waals surface area contributed by atoms with Crippen LogP contribution in [0, 0.1) is 5.41 Å². The van der Waals surface area contributed by atoms with E-state index in [1.165, 1.54) is 25.9 Å². The van der Waals surface area contributed by atoms with Crippen LogP contribution in [0.1, 0.15) is 40.0 Å².